The van der Waals surface area contributed by atoms with Crippen LogP contribution in [-0.4, -0.2) is 0 Å². The van der Waals surface area contributed by atoms with Crippen LogP contribution in [0.1, 0.15) is 27.2 Å². The van der Waals surface area contributed by atoms with Gasteiger partial charge < -0.3 is 0 Å². The van der Waals surface area contributed by atoms with Crippen LogP contribution in [-0.2, 0) is 0 Å². The van der Waals surface area contributed by atoms with Crippen LogP contribution >= 0.6 is 12.4 Å². The third-order valence-electron chi connectivity index (χ3n) is 0.816. The Morgan fingerprint density at radius 3 is 1.50 bits per heavy atom. The maximum atomic E-state index is 2.22. The molecule has 0 heterocycles. The van der Waals surface area contributed by atoms with Gasteiger partial charge >= 0.3 is 0 Å². The number of hydrogen-bond acceptors (Lipinski definition) is 0. The number of halogens is 1. The van der Waals surface area contributed by atoms with Crippen molar-refractivity contribution in [1.82, 2.24) is 0 Å². The van der Waals surface area contributed by atoms with E-state index in [0.717, 1.165) is 5.92 Å². The standard InChI is InChI=1S/C5H12.ClH/c1-4-5(2)3;/h5H,4H2,1-3H3;1H. The van der Waals surface area contributed by atoms with Crippen LogP contribution in [0.2, 0.25) is 0 Å². The number of hydrogen-bond donors (Lipinski definition) is 0. The van der Waals surface area contributed by atoms with E-state index in [9.17, 15) is 0 Å². The summed E-state index contributed by atoms with van der Waals surface area (Å²) < 4.78 is 0. The molecule has 0 rings (SSSR count). The van der Waals surface area contributed by atoms with Gasteiger partial charge in [-0.25, -0.2) is 0 Å². The van der Waals surface area contributed by atoms with Gasteiger partial charge in [0.05, 0.1) is 0 Å². The van der Waals surface area contributed by atoms with Crippen LogP contribution in [0.3, 0.4) is 0 Å². The summed E-state index contributed by atoms with van der Waals surface area (Å²) in [5, 5.41) is 0. The van der Waals surface area contributed by atoms with E-state index in [2.05, 4.69) is 20.8 Å². The van der Waals surface area contributed by atoms with Crippen molar-refractivity contribution in [2.75, 3.05) is 0 Å². The molecule has 0 radical (unpaired) electrons. The summed E-state index contributed by atoms with van der Waals surface area (Å²) in [5.74, 6) is 0.884. The lowest BCUT2D eigenvalue weighted by molar-refractivity contribution is 0.626. The predicted octanol–water partition coefficient (Wildman–Crippen LogP) is 2.47. The van der Waals surface area contributed by atoms with E-state index in [-0.39, 0.29) is 12.4 Å². The first-order valence-electron chi connectivity index (χ1n) is 2.27. The van der Waals surface area contributed by atoms with Crippen LogP contribution in [0.25, 0.3) is 0 Å². The SMILES string of the molecule is CCC(C)C.Cl. The molecule has 0 unspecified atom stereocenters. The van der Waals surface area contributed by atoms with Crippen molar-refractivity contribution < 1.29 is 0 Å². The summed E-state index contributed by atoms with van der Waals surface area (Å²) in [5.41, 5.74) is 0. The van der Waals surface area contributed by atoms with Gasteiger partial charge in [-0.2, -0.15) is 0 Å². The predicted molar refractivity (Wildman–Crippen MR) is 32.4 cm³/mol. The van der Waals surface area contributed by atoms with Crippen molar-refractivity contribution >= 4 is 12.4 Å². The molecule has 0 aliphatic rings. The zero-order valence-electron chi connectivity index (χ0n) is 4.69. The molecule has 0 saturated heterocycles. The maximum Gasteiger partial charge on any atom is -0.0474 e. The summed E-state index contributed by atoms with van der Waals surface area (Å²) in [6, 6.07) is 0. The molecule has 0 N–H and O–H groups in total. The zero-order chi connectivity index (χ0) is 4.28. The van der Waals surface area contributed by atoms with E-state index in [0.29, 0.717) is 0 Å². The van der Waals surface area contributed by atoms with Crippen molar-refractivity contribution in [3.8, 4) is 0 Å². The molecule has 0 spiro atoms. The minimum atomic E-state index is 0. The molecule has 0 aliphatic heterocycles. The Morgan fingerprint density at radius 2 is 1.50 bits per heavy atom. The van der Waals surface area contributed by atoms with E-state index in [1.807, 2.05) is 0 Å². The first-order chi connectivity index (χ1) is 2.27. The van der Waals surface area contributed by atoms with Gasteiger partial charge in [0.1, 0.15) is 0 Å². The van der Waals surface area contributed by atoms with Crippen molar-refractivity contribution in [2.45, 2.75) is 27.2 Å². The fraction of sp³-hybridized carbons (Fsp3) is 1.00. The lowest BCUT2D eigenvalue weighted by Crippen LogP contribution is -1.77. The highest BCUT2D eigenvalue weighted by Crippen LogP contribution is 1.93. The molecule has 0 aliphatic carbocycles. The fourth-order valence-corrected chi connectivity index (χ4v) is 0. The number of rotatable bonds is 1. The second kappa shape index (κ2) is 5.29. The van der Waals surface area contributed by atoms with Gasteiger partial charge in [0.25, 0.3) is 0 Å². The second-order valence-electron chi connectivity index (χ2n) is 1.80. The summed E-state index contributed by atoms with van der Waals surface area (Å²) in [6.45, 7) is 6.64. The van der Waals surface area contributed by atoms with E-state index in [4.69, 9.17) is 0 Å². The monoisotopic (exact) mass is 108 g/mol. The lowest BCUT2D eigenvalue weighted by Gasteiger charge is -1.90. The van der Waals surface area contributed by atoms with Gasteiger partial charge in [-0.3, -0.25) is 0 Å². The van der Waals surface area contributed by atoms with Crippen LogP contribution in [0.5, 0.6) is 0 Å². The largest absolute Gasteiger partial charge is 0.147 e. The highest BCUT2D eigenvalue weighted by molar-refractivity contribution is 5.85. The van der Waals surface area contributed by atoms with Gasteiger partial charge in [-0.15, -0.1) is 12.4 Å². The van der Waals surface area contributed by atoms with Gasteiger partial charge in [0.2, 0.25) is 0 Å². The molecule has 0 aromatic heterocycles. The molecular weight excluding hydrogens is 95.5 g/mol. The highest BCUT2D eigenvalue weighted by Gasteiger charge is 1.80. The second-order valence-corrected chi connectivity index (χ2v) is 1.80. The van der Waals surface area contributed by atoms with Crippen LogP contribution in [0.4, 0.5) is 0 Å². The molecule has 6 heavy (non-hydrogen) atoms. The molecule has 0 nitrogen and oxygen atoms in total. The molecule has 1 heteroatoms. The Balaban J connectivity index is 0. The first-order valence-corrected chi connectivity index (χ1v) is 2.27. The van der Waals surface area contributed by atoms with E-state index >= 15 is 0 Å². The molecule has 0 saturated carbocycles. The fourth-order valence-electron chi connectivity index (χ4n) is 0. The van der Waals surface area contributed by atoms with Gasteiger partial charge in [0, 0.05) is 0 Å². The Morgan fingerprint density at radius 1 is 1.33 bits per heavy atom. The molecule has 40 valence electrons. The molecular formula is C5H13Cl. The summed E-state index contributed by atoms with van der Waals surface area (Å²) >= 11 is 0. The summed E-state index contributed by atoms with van der Waals surface area (Å²) in [7, 11) is 0. The Bertz CT molecular complexity index is 17.9. The molecule has 0 aromatic carbocycles. The van der Waals surface area contributed by atoms with Crippen molar-refractivity contribution in [2.24, 2.45) is 5.92 Å². The third kappa shape index (κ3) is 8.85. The summed E-state index contributed by atoms with van der Waals surface area (Å²) in [4.78, 5) is 0. The van der Waals surface area contributed by atoms with E-state index in [1.54, 1.807) is 0 Å². The molecule has 0 aromatic rings. The third-order valence-corrected chi connectivity index (χ3v) is 0.816. The van der Waals surface area contributed by atoms with Crippen molar-refractivity contribution in [3.05, 3.63) is 0 Å². The highest BCUT2D eigenvalue weighted by atomic mass is 35.5. The Kier molecular flexibility index (Phi) is 8.43. The smallest absolute Gasteiger partial charge is 0.0474 e. The first kappa shape index (κ1) is 9.56. The van der Waals surface area contributed by atoms with Gasteiger partial charge in [-0.05, 0) is 5.92 Å². The normalized spacial score (nSPS) is 8.00. The Hall–Kier alpha value is 0.290. The van der Waals surface area contributed by atoms with E-state index < -0.39 is 0 Å². The van der Waals surface area contributed by atoms with Crippen LogP contribution in [0.15, 0.2) is 0 Å². The van der Waals surface area contributed by atoms with Gasteiger partial charge in [0.15, 0.2) is 0 Å². The van der Waals surface area contributed by atoms with Crippen LogP contribution < -0.4 is 0 Å². The lowest BCUT2D eigenvalue weighted by atomic mass is 10.2. The minimum absolute atomic E-state index is 0. The Labute approximate surface area is 46.4 Å². The quantitative estimate of drug-likeness (QED) is 0.484. The van der Waals surface area contributed by atoms with E-state index in [1.165, 1.54) is 6.42 Å². The maximum absolute atomic E-state index is 2.22. The molecule has 0 atom stereocenters. The van der Waals surface area contributed by atoms with Gasteiger partial charge in [-0.1, -0.05) is 27.2 Å². The summed E-state index contributed by atoms with van der Waals surface area (Å²) in [6.07, 6.45) is 1.31. The zero-order valence-corrected chi connectivity index (χ0v) is 5.51. The van der Waals surface area contributed by atoms with Crippen molar-refractivity contribution in [3.63, 3.8) is 0 Å². The van der Waals surface area contributed by atoms with Crippen LogP contribution in [0, 0.1) is 5.92 Å². The average molecular weight is 109 g/mol. The van der Waals surface area contributed by atoms with Crippen molar-refractivity contribution in [1.29, 1.82) is 0 Å². The average Bonchev–Trinajstić information content (AvgIpc) is 1.38. The minimum Gasteiger partial charge on any atom is -0.147 e. The molecule has 0 fully saturated rings. The molecule has 0 bridgehead atoms. The molecule has 0 amide bonds. The topological polar surface area (TPSA) is 0 Å².